The van der Waals surface area contributed by atoms with Gasteiger partial charge in [-0.25, -0.2) is 4.52 Å². The number of rotatable bonds is 5. The van der Waals surface area contributed by atoms with E-state index in [1.807, 2.05) is 41.6 Å². The molecule has 1 fully saturated rings. The lowest BCUT2D eigenvalue weighted by molar-refractivity contribution is 0.0577. The summed E-state index contributed by atoms with van der Waals surface area (Å²) in [7, 11) is 0. The molecule has 0 saturated heterocycles. The summed E-state index contributed by atoms with van der Waals surface area (Å²) in [4.78, 5) is 9.42. The van der Waals surface area contributed by atoms with Gasteiger partial charge in [0.15, 0.2) is 0 Å². The molecule has 8 nitrogen and oxygen atoms in total. The average molecular weight is 442 g/mol. The van der Waals surface area contributed by atoms with Crippen molar-refractivity contribution >= 4 is 5.52 Å². The van der Waals surface area contributed by atoms with Gasteiger partial charge in [-0.1, -0.05) is 6.07 Å². The van der Waals surface area contributed by atoms with E-state index >= 15 is 0 Å². The Hall–Kier alpha value is -3.57. The Bertz CT molecular complexity index is 1300. The summed E-state index contributed by atoms with van der Waals surface area (Å²) in [5, 5.41) is 28.2. The van der Waals surface area contributed by atoms with Crippen molar-refractivity contribution in [1.29, 1.82) is 5.26 Å². The molecule has 0 unspecified atom stereocenters. The zero-order chi connectivity index (χ0) is 23.0. The molecule has 0 amide bonds. The summed E-state index contributed by atoms with van der Waals surface area (Å²) in [5.41, 5.74) is 4.97. The van der Waals surface area contributed by atoms with E-state index in [9.17, 15) is 10.4 Å². The molecule has 1 saturated carbocycles. The van der Waals surface area contributed by atoms with Crippen LogP contribution in [0.2, 0.25) is 0 Å². The van der Waals surface area contributed by atoms with Gasteiger partial charge in [-0.05, 0) is 45.6 Å². The zero-order valence-electron chi connectivity index (χ0n) is 18.9. The molecule has 168 valence electrons. The molecule has 0 atom stereocenters. The second-order valence-electron chi connectivity index (χ2n) is 9.51. The monoisotopic (exact) mass is 441 g/mol. The lowest BCUT2D eigenvalue weighted by Gasteiger charge is -2.24. The maximum Gasteiger partial charge on any atom is 0.0958 e. The molecule has 1 aliphatic carbocycles. The van der Waals surface area contributed by atoms with Crippen molar-refractivity contribution in [2.24, 2.45) is 5.92 Å². The van der Waals surface area contributed by atoms with E-state index < -0.39 is 5.60 Å². The van der Waals surface area contributed by atoms with Gasteiger partial charge in [-0.3, -0.25) is 14.6 Å². The van der Waals surface area contributed by atoms with Crippen molar-refractivity contribution < 1.29 is 5.11 Å². The number of hydrogen-bond donors (Lipinski definition) is 1. The smallest absolute Gasteiger partial charge is 0.0958 e. The van der Waals surface area contributed by atoms with Gasteiger partial charge in [0.1, 0.15) is 0 Å². The Morgan fingerprint density at radius 1 is 1.06 bits per heavy atom. The highest BCUT2D eigenvalue weighted by molar-refractivity contribution is 5.82. The van der Waals surface area contributed by atoms with E-state index in [0.29, 0.717) is 12.5 Å². The fourth-order valence-corrected chi connectivity index (χ4v) is 4.68. The van der Waals surface area contributed by atoms with E-state index in [1.165, 1.54) is 0 Å². The Morgan fingerprint density at radius 2 is 1.88 bits per heavy atom. The maximum absolute atomic E-state index is 10.0. The average Bonchev–Trinajstić information content (AvgIpc) is 3.45. The molecule has 1 N–H and O–H groups in total. The SMILES string of the molecule is CC(C)(O)Cn1cc(-c2ccc(-c3cnn4ccnc(C5CCC(C#N)CC5)c34)cn2)cn1. The number of aliphatic hydroxyl groups is 1. The van der Waals surface area contributed by atoms with E-state index in [2.05, 4.69) is 27.3 Å². The van der Waals surface area contributed by atoms with Gasteiger partial charge in [-0.15, -0.1) is 0 Å². The largest absolute Gasteiger partial charge is 0.389 e. The van der Waals surface area contributed by atoms with Crippen LogP contribution in [0, 0.1) is 17.2 Å². The minimum atomic E-state index is -0.830. The van der Waals surface area contributed by atoms with E-state index in [4.69, 9.17) is 4.98 Å². The van der Waals surface area contributed by atoms with Gasteiger partial charge >= 0.3 is 0 Å². The summed E-state index contributed by atoms with van der Waals surface area (Å²) in [6, 6.07) is 6.45. The van der Waals surface area contributed by atoms with Crippen LogP contribution in [0.3, 0.4) is 0 Å². The minimum absolute atomic E-state index is 0.162. The molecule has 0 bridgehead atoms. The molecule has 5 rings (SSSR count). The van der Waals surface area contributed by atoms with Gasteiger partial charge in [0.25, 0.3) is 0 Å². The highest BCUT2D eigenvalue weighted by Gasteiger charge is 2.26. The van der Waals surface area contributed by atoms with Crippen LogP contribution in [-0.4, -0.2) is 40.1 Å². The van der Waals surface area contributed by atoms with E-state index in [-0.39, 0.29) is 5.92 Å². The van der Waals surface area contributed by atoms with E-state index in [1.54, 1.807) is 24.7 Å². The predicted molar refractivity (Wildman–Crippen MR) is 124 cm³/mol. The van der Waals surface area contributed by atoms with Crippen molar-refractivity contribution in [3.63, 3.8) is 0 Å². The van der Waals surface area contributed by atoms with Crippen LogP contribution in [0.1, 0.15) is 51.1 Å². The summed E-state index contributed by atoms with van der Waals surface area (Å²) >= 11 is 0. The first-order chi connectivity index (χ1) is 15.9. The van der Waals surface area contributed by atoms with Crippen LogP contribution in [0.15, 0.2) is 49.3 Å². The Morgan fingerprint density at radius 3 is 2.58 bits per heavy atom. The first-order valence-electron chi connectivity index (χ1n) is 11.3. The highest BCUT2D eigenvalue weighted by atomic mass is 16.3. The van der Waals surface area contributed by atoms with Crippen molar-refractivity contribution in [2.75, 3.05) is 0 Å². The molecule has 0 radical (unpaired) electrons. The van der Waals surface area contributed by atoms with Crippen LogP contribution in [-0.2, 0) is 6.54 Å². The lowest BCUT2D eigenvalue weighted by atomic mass is 9.80. The molecule has 1 aliphatic rings. The zero-order valence-corrected chi connectivity index (χ0v) is 18.9. The maximum atomic E-state index is 10.0. The Balaban J connectivity index is 1.44. The quantitative estimate of drug-likeness (QED) is 0.497. The molecule has 33 heavy (non-hydrogen) atoms. The molecule has 4 heterocycles. The number of nitrogens with zero attached hydrogens (tertiary/aromatic N) is 7. The van der Waals surface area contributed by atoms with Gasteiger partial charge in [0, 0.05) is 53.3 Å². The van der Waals surface area contributed by atoms with Crippen LogP contribution in [0.5, 0.6) is 0 Å². The Kier molecular flexibility index (Phi) is 5.43. The molecule has 0 aromatic carbocycles. The van der Waals surface area contributed by atoms with Crippen molar-refractivity contribution in [1.82, 2.24) is 29.4 Å². The molecule has 4 aromatic heterocycles. The van der Waals surface area contributed by atoms with Crippen LogP contribution < -0.4 is 0 Å². The predicted octanol–water partition coefficient (Wildman–Crippen LogP) is 4.22. The summed E-state index contributed by atoms with van der Waals surface area (Å²) in [6.45, 7) is 3.94. The topological polar surface area (TPSA) is 105 Å². The standard InChI is InChI=1S/C25H27N7O/c1-25(2,33)16-31-15-20(13-29-31)22-8-7-19(12-28-22)21-14-30-32-10-9-27-23(24(21)32)18-5-3-17(11-26)4-6-18/h7-10,12-15,17-18,33H,3-6,16H2,1-2H3. The normalized spacial score (nSPS) is 19.0. The fourth-order valence-electron chi connectivity index (χ4n) is 4.68. The highest BCUT2D eigenvalue weighted by Crippen LogP contribution is 2.38. The number of pyridine rings is 1. The third-order valence-corrected chi connectivity index (χ3v) is 6.31. The van der Waals surface area contributed by atoms with Crippen LogP contribution in [0.25, 0.3) is 27.9 Å². The molecule has 0 spiro atoms. The van der Waals surface area contributed by atoms with Gasteiger partial charge < -0.3 is 5.11 Å². The second kappa shape index (κ2) is 8.41. The fraction of sp³-hybridized carbons (Fsp3) is 0.400. The number of hydrogen-bond acceptors (Lipinski definition) is 6. The number of aromatic nitrogens is 6. The second-order valence-corrected chi connectivity index (χ2v) is 9.51. The van der Waals surface area contributed by atoms with Gasteiger partial charge in [0.2, 0.25) is 0 Å². The minimum Gasteiger partial charge on any atom is -0.389 e. The van der Waals surface area contributed by atoms with Crippen LogP contribution >= 0.6 is 0 Å². The summed E-state index contributed by atoms with van der Waals surface area (Å²) in [6.07, 6.45) is 14.9. The molecule has 4 aromatic rings. The molecule has 0 aliphatic heterocycles. The van der Waals surface area contributed by atoms with Gasteiger partial charge in [0.05, 0.1) is 47.5 Å². The van der Waals surface area contributed by atoms with Crippen molar-refractivity contribution in [3.05, 3.63) is 55.0 Å². The summed E-state index contributed by atoms with van der Waals surface area (Å²) < 4.78 is 3.62. The third-order valence-electron chi connectivity index (χ3n) is 6.31. The number of fused-ring (bicyclic) bond motifs is 1. The molecule has 8 heteroatoms. The van der Waals surface area contributed by atoms with E-state index in [0.717, 1.165) is 59.3 Å². The lowest BCUT2D eigenvalue weighted by Crippen LogP contribution is -2.26. The number of nitriles is 1. The van der Waals surface area contributed by atoms with Crippen molar-refractivity contribution in [3.8, 4) is 28.5 Å². The first kappa shape index (κ1) is 21.3. The summed E-state index contributed by atoms with van der Waals surface area (Å²) in [5.74, 6) is 0.498. The Labute approximate surface area is 192 Å². The third kappa shape index (κ3) is 4.37. The molecular formula is C25H27N7O. The van der Waals surface area contributed by atoms with Gasteiger partial charge in [-0.2, -0.15) is 15.5 Å². The first-order valence-corrected chi connectivity index (χ1v) is 11.3. The van der Waals surface area contributed by atoms with Crippen LogP contribution in [0.4, 0.5) is 0 Å². The van der Waals surface area contributed by atoms with Crippen molar-refractivity contribution in [2.45, 2.75) is 57.6 Å². The molecular weight excluding hydrogens is 414 g/mol.